The van der Waals surface area contributed by atoms with E-state index >= 15 is 0 Å². The second-order valence-electron chi connectivity index (χ2n) is 8.36. The molecular formula is C20H31BFN3O4. The summed E-state index contributed by atoms with van der Waals surface area (Å²) in [5, 5.41) is 24.5. The van der Waals surface area contributed by atoms with Crippen LogP contribution in [0.15, 0.2) is 24.3 Å². The van der Waals surface area contributed by atoms with Crippen molar-refractivity contribution in [1.29, 1.82) is 0 Å². The molecule has 7 nitrogen and oxygen atoms in total. The molecule has 29 heavy (non-hydrogen) atoms. The van der Waals surface area contributed by atoms with E-state index in [1.165, 1.54) is 12.1 Å². The van der Waals surface area contributed by atoms with E-state index in [9.17, 15) is 24.0 Å². The van der Waals surface area contributed by atoms with Crippen LogP contribution in [-0.2, 0) is 9.59 Å². The summed E-state index contributed by atoms with van der Waals surface area (Å²) in [6, 6.07) is 4.72. The Labute approximate surface area is 171 Å². The molecule has 1 aromatic rings. The van der Waals surface area contributed by atoms with Gasteiger partial charge in [-0.1, -0.05) is 27.7 Å². The molecule has 0 aromatic heterocycles. The second-order valence-corrected chi connectivity index (χ2v) is 8.36. The third-order valence-electron chi connectivity index (χ3n) is 5.14. The highest BCUT2D eigenvalue weighted by Crippen LogP contribution is 2.27. The molecule has 2 rings (SSSR count). The molecule has 1 fully saturated rings. The first-order valence-corrected chi connectivity index (χ1v) is 10.1. The van der Waals surface area contributed by atoms with E-state index in [0.717, 1.165) is 5.69 Å². The van der Waals surface area contributed by atoms with E-state index in [1.54, 1.807) is 12.1 Å². The van der Waals surface area contributed by atoms with Crippen LogP contribution >= 0.6 is 0 Å². The third kappa shape index (κ3) is 6.17. The lowest BCUT2D eigenvalue weighted by atomic mass is 9.75. The van der Waals surface area contributed by atoms with Gasteiger partial charge in [0.05, 0.1) is 5.94 Å². The molecule has 0 aliphatic carbocycles. The Morgan fingerprint density at radius 1 is 1.17 bits per heavy atom. The molecule has 2 amide bonds. The van der Waals surface area contributed by atoms with Crippen LogP contribution in [0.1, 0.15) is 40.5 Å². The summed E-state index contributed by atoms with van der Waals surface area (Å²) in [4.78, 5) is 27.4. The fraction of sp³-hybridized carbons (Fsp3) is 0.600. The lowest BCUT2D eigenvalue weighted by Gasteiger charge is -2.42. The van der Waals surface area contributed by atoms with E-state index in [4.69, 9.17) is 0 Å². The molecule has 4 N–H and O–H groups in total. The summed E-state index contributed by atoms with van der Waals surface area (Å²) in [7, 11) is -1.68. The van der Waals surface area contributed by atoms with Gasteiger partial charge in [0.25, 0.3) is 0 Å². The maximum atomic E-state index is 13.1. The molecule has 1 aromatic carbocycles. The van der Waals surface area contributed by atoms with E-state index in [0.29, 0.717) is 19.4 Å². The first kappa shape index (κ1) is 23.2. The first-order chi connectivity index (χ1) is 13.6. The van der Waals surface area contributed by atoms with E-state index in [2.05, 4.69) is 10.6 Å². The number of carbonyl (C=O) groups is 2. The molecule has 0 saturated carbocycles. The molecule has 0 bridgehead atoms. The van der Waals surface area contributed by atoms with Crippen molar-refractivity contribution >= 4 is 24.6 Å². The third-order valence-corrected chi connectivity index (χ3v) is 5.14. The Morgan fingerprint density at radius 3 is 2.24 bits per heavy atom. The SMILES string of the molecule is CC(C)CC(NC(=O)C(NC(=O)C1CCN1c1ccc(F)cc1)C(C)C)B(O)O. The molecule has 3 unspecified atom stereocenters. The number of hydrogen-bond acceptors (Lipinski definition) is 5. The van der Waals surface area contributed by atoms with Crippen LogP contribution in [-0.4, -0.2) is 53.6 Å². The zero-order chi connectivity index (χ0) is 21.7. The molecule has 0 radical (unpaired) electrons. The van der Waals surface area contributed by atoms with Crippen molar-refractivity contribution < 1.29 is 24.0 Å². The number of amides is 2. The highest BCUT2D eigenvalue weighted by molar-refractivity contribution is 6.43. The fourth-order valence-corrected chi connectivity index (χ4v) is 3.42. The molecule has 1 aliphatic rings. The van der Waals surface area contributed by atoms with Crippen molar-refractivity contribution in [1.82, 2.24) is 10.6 Å². The lowest BCUT2D eigenvalue weighted by Crippen LogP contribution is -2.61. The zero-order valence-electron chi connectivity index (χ0n) is 17.4. The number of nitrogens with zero attached hydrogens (tertiary/aromatic N) is 1. The molecule has 1 saturated heterocycles. The maximum Gasteiger partial charge on any atom is 0.475 e. The molecule has 160 valence electrons. The molecule has 1 heterocycles. The topological polar surface area (TPSA) is 102 Å². The molecular weight excluding hydrogens is 376 g/mol. The van der Waals surface area contributed by atoms with Gasteiger partial charge >= 0.3 is 7.12 Å². The summed E-state index contributed by atoms with van der Waals surface area (Å²) in [6.07, 6.45) is 1.05. The van der Waals surface area contributed by atoms with Crippen molar-refractivity contribution in [2.24, 2.45) is 11.8 Å². The number of halogens is 1. The van der Waals surface area contributed by atoms with E-state index in [-0.39, 0.29) is 23.6 Å². The number of carbonyl (C=O) groups excluding carboxylic acids is 2. The van der Waals surface area contributed by atoms with Crippen LogP contribution in [0.25, 0.3) is 0 Å². The van der Waals surface area contributed by atoms with E-state index in [1.807, 2.05) is 32.6 Å². The maximum absolute atomic E-state index is 13.1. The minimum absolute atomic E-state index is 0.161. The highest BCUT2D eigenvalue weighted by Gasteiger charge is 2.37. The van der Waals surface area contributed by atoms with Crippen LogP contribution in [0.3, 0.4) is 0 Å². The second kappa shape index (κ2) is 10.1. The summed E-state index contributed by atoms with van der Waals surface area (Å²) in [6.45, 7) is 8.15. The minimum Gasteiger partial charge on any atom is -0.426 e. The van der Waals surface area contributed by atoms with Gasteiger partial charge < -0.3 is 25.6 Å². The van der Waals surface area contributed by atoms with Gasteiger partial charge in [-0.3, -0.25) is 9.59 Å². The number of anilines is 1. The van der Waals surface area contributed by atoms with Gasteiger partial charge in [-0.25, -0.2) is 4.39 Å². The Balaban J connectivity index is 2.02. The van der Waals surface area contributed by atoms with Crippen LogP contribution in [0.2, 0.25) is 0 Å². The lowest BCUT2D eigenvalue weighted by molar-refractivity contribution is -0.131. The van der Waals surface area contributed by atoms with Gasteiger partial charge in [-0.2, -0.15) is 0 Å². The van der Waals surface area contributed by atoms with Crippen LogP contribution in [0.4, 0.5) is 10.1 Å². The van der Waals surface area contributed by atoms with Crippen molar-refractivity contribution in [2.75, 3.05) is 11.4 Å². The van der Waals surface area contributed by atoms with Gasteiger partial charge in [0, 0.05) is 12.2 Å². The minimum atomic E-state index is -1.68. The Bertz CT molecular complexity index is 699. The predicted molar refractivity (Wildman–Crippen MR) is 110 cm³/mol. The number of nitrogens with one attached hydrogen (secondary N) is 2. The summed E-state index contributed by atoms with van der Waals surface area (Å²) >= 11 is 0. The Kier molecular flexibility index (Phi) is 8.04. The van der Waals surface area contributed by atoms with Crippen LogP contribution in [0.5, 0.6) is 0 Å². The van der Waals surface area contributed by atoms with Gasteiger partial charge in [0.1, 0.15) is 17.9 Å². The fourth-order valence-electron chi connectivity index (χ4n) is 3.42. The number of hydrogen-bond donors (Lipinski definition) is 4. The van der Waals surface area contributed by atoms with E-state index < -0.39 is 31.1 Å². The summed E-state index contributed by atoms with van der Waals surface area (Å²) < 4.78 is 13.1. The van der Waals surface area contributed by atoms with Gasteiger partial charge in [-0.05, 0) is 48.9 Å². The average Bonchev–Trinajstić information content (AvgIpc) is 2.59. The van der Waals surface area contributed by atoms with Crippen molar-refractivity contribution in [3.63, 3.8) is 0 Å². The Hall–Kier alpha value is -2.13. The monoisotopic (exact) mass is 407 g/mol. The van der Waals surface area contributed by atoms with Gasteiger partial charge in [0.2, 0.25) is 11.8 Å². The largest absolute Gasteiger partial charge is 0.475 e. The summed E-state index contributed by atoms with van der Waals surface area (Å²) in [5.74, 6) is -1.89. The van der Waals surface area contributed by atoms with Crippen molar-refractivity contribution in [3.8, 4) is 0 Å². The first-order valence-electron chi connectivity index (χ1n) is 10.1. The number of benzene rings is 1. The quantitative estimate of drug-likeness (QED) is 0.459. The molecule has 0 spiro atoms. The molecule has 1 aliphatic heterocycles. The van der Waals surface area contributed by atoms with Crippen molar-refractivity contribution in [2.45, 2.75) is 58.6 Å². The normalized spacial score (nSPS) is 18.2. The van der Waals surface area contributed by atoms with Gasteiger partial charge in [0.15, 0.2) is 0 Å². The van der Waals surface area contributed by atoms with Gasteiger partial charge in [-0.15, -0.1) is 0 Å². The number of rotatable bonds is 9. The average molecular weight is 407 g/mol. The van der Waals surface area contributed by atoms with Crippen molar-refractivity contribution in [3.05, 3.63) is 30.1 Å². The Morgan fingerprint density at radius 2 is 1.79 bits per heavy atom. The smallest absolute Gasteiger partial charge is 0.426 e. The molecule has 9 heteroatoms. The standard InChI is InChI=1S/C20H31BFN3O4/c1-12(2)11-17(21(28)29)23-20(27)18(13(3)4)24-19(26)16-9-10-25(16)15-7-5-14(22)6-8-15/h5-8,12-13,16-18,28-29H,9-11H2,1-4H3,(H,23,27)(H,24,26). The predicted octanol–water partition coefficient (Wildman–Crippen LogP) is 1.09. The highest BCUT2D eigenvalue weighted by atomic mass is 19.1. The van der Waals surface area contributed by atoms with Crippen LogP contribution in [0, 0.1) is 17.7 Å². The molecule has 3 atom stereocenters. The summed E-state index contributed by atoms with van der Waals surface area (Å²) in [5.41, 5.74) is 0.753. The zero-order valence-corrected chi connectivity index (χ0v) is 17.4. The van der Waals surface area contributed by atoms with Crippen LogP contribution < -0.4 is 15.5 Å².